The molecule has 2 rings (SSSR count). The molecule has 0 aliphatic carbocycles. The summed E-state index contributed by atoms with van der Waals surface area (Å²) in [6.07, 6.45) is 0.777. The summed E-state index contributed by atoms with van der Waals surface area (Å²) in [4.78, 5) is 11.2. The number of rotatable bonds is 3. The van der Waals surface area contributed by atoms with Crippen molar-refractivity contribution in [3.63, 3.8) is 0 Å². The molecule has 2 nitrogen and oxygen atoms in total. The van der Waals surface area contributed by atoms with Crippen LogP contribution in [0.3, 0.4) is 0 Å². The van der Waals surface area contributed by atoms with E-state index in [1.54, 1.807) is 6.07 Å². The molecular weight excluding hydrogens is 242 g/mol. The lowest BCUT2D eigenvalue weighted by molar-refractivity contribution is 0.109. The lowest BCUT2D eigenvalue weighted by atomic mass is 9.97. The topological polar surface area (TPSA) is 43.1 Å². The molecule has 2 aromatic rings. The molecule has 0 radical (unpaired) electrons. The van der Waals surface area contributed by atoms with Gasteiger partial charge in [-0.25, -0.2) is 0 Å². The van der Waals surface area contributed by atoms with Crippen LogP contribution in [0, 0.1) is 6.92 Å². The number of thiol groups is 1. The number of hydrogen-bond donors (Lipinski definition) is 2. The Kier molecular flexibility index (Phi) is 3.72. The van der Waals surface area contributed by atoms with Crippen LogP contribution in [0.4, 0.5) is 5.69 Å². The number of carbonyl (C=O) groups excluding carboxylic acids is 1. The fourth-order valence-corrected chi connectivity index (χ4v) is 2.14. The molecule has 0 saturated carbocycles. The number of hydrogen-bond acceptors (Lipinski definition) is 2. The normalized spacial score (nSPS) is 10.3. The molecule has 0 aliphatic rings. The van der Waals surface area contributed by atoms with Gasteiger partial charge in [-0.2, -0.15) is 0 Å². The van der Waals surface area contributed by atoms with Crippen LogP contribution in [0.25, 0.3) is 0 Å². The predicted octanol–water partition coefficient (Wildman–Crippen LogP) is 3.24. The van der Waals surface area contributed by atoms with Gasteiger partial charge in [0, 0.05) is 11.3 Å². The zero-order valence-corrected chi connectivity index (χ0v) is 11.1. The van der Waals surface area contributed by atoms with Crippen molar-refractivity contribution in [2.24, 2.45) is 0 Å². The fourth-order valence-electron chi connectivity index (χ4n) is 2.01. The van der Waals surface area contributed by atoms with Crippen LogP contribution in [0.2, 0.25) is 0 Å². The van der Waals surface area contributed by atoms with Gasteiger partial charge in [-0.05, 0) is 42.2 Å². The summed E-state index contributed by atoms with van der Waals surface area (Å²) in [6.45, 7) is 1.97. The Morgan fingerprint density at radius 3 is 2.44 bits per heavy atom. The molecule has 0 unspecified atom stereocenters. The predicted molar refractivity (Wildman–Crippen MR) is 78.2 cm³/mol. The smallest absolute Gasteiger partial charge is 0.216 e. The van der Waals surface area contributed by atoms with E-state index in [1.165, 1.54) is 5.56 Å². The third-order valence-corrected chi connectivity index (χ3v) is 3.24. The van der Waals surface area contributed by atoms with Crippen molar-refractivity contribution < 1.29 is 4.79 Å². The van der Waals surface area contributed by atoms with Gasteiger partial charge in [0.15, 0.2) is 0 Å². The molecule has 0 amide bonds. The number of anilines is 1. The summed E-state index contributed by atoms with van der Waals surface area (Å²) in [7, 11) is 0. The van der Waals surface area contributed by atoms with E-state index in [-0.39, 0.29) is 5.12 Å². The average Bonchev–Trinajstić information content (AvgIpc) is 2.34. The lowest BCUT2D eigenvalue weighted by Crippen LogP contribution is -2.02. The summed E-state index contributed by atoms with van der Waals surface area (Å²) in [5, 5.41) is -0.254. The largest absolute Gasteiger partial charge is 0.398 e. The highest BCUT2D eigenvalue weighted by Gasteiger charge is 2.09. The molecule has 0 bridgehead atoms. The van der Waals surface area contributed by atoms with Gasteiger partial charge in [0.1, 0.15) is 0 Å². The lowest BCUT2D eigenvalue weighted by Gasteiger charge is -2.11. The van der Waals surface area contributed by atoms with Gasteiger partial charge in [0.25, 0.3) is 0 Å². The minimum atomic E-state index is -0.254. The van der Waals surface area contributed by atoms with Crippen LogP contribution in [0.5, 0.6) is 0 Å². The first kappa shape index (κ1) is 12.7. The summed E-state index contributed by atoms with van der Waals surface area (Å²) < 4.78 is 0. The van der Waals surface area contributed by atoms with Crippen molar-refractivity contribution in [3.8, 4) is 0 Å². The number of aryl methyl sites for hydroxylation is 1. The van der Waals surface area contributed by atoms with Gasteiger partial charge in [-0.3, -0.25) is 4.79 Å². The SMILES string of the molecule is Cc1cc(C(=O)S)cc(N)c1Cc1ccccc1. The highest BCUT2D eigenvalue weighted by Crippen LogP contribution is 2.23. The van der Waals surface area contributed by atoms with Crippen molar-refractivity contribution in [1.29, 1.82) is 0 Å². The Morgan fingerprint density at radius 2 is 1.89 bits per heavy atom. The first-order valence-electron chi connectivity index (χ1n) is 5.74. The van der Waals surface area contributed by atoms with Crippen LogP contribution in [0.1, 0.15) is 27.0 Å². The second-order valence-corrected chi connectivity index (χ2v) is 4.73. The summed E-state index contributed by atoms with van der Waals surface area (Å²) >= 11 is 3.82. The third-order valence-electron chi connectivity index (χ3n) is 2.98. The zero-order chi connectivity index (χ0) is 13.1. The molecule has 0 fully saturated rings. The van der Waals surface area contributed by atoms with Gasteiger partial charge < -0.3 is 5.73 Å². The van der Waals surface area contributed by atoms with Crippen molar-refractivity contribution in [3.05, 3.63) is 64.7 Å². The second kappa shape index (κ2) is 5.27. The number of benzene rings is 2. The fraction of sp³-hybridized carbons (Fsp3) is 0.133. The van der Waals surface area contributed by atoms with Gasteiger partial charge in [-0.15, -0.1) is 12.6 Å². The van der Waals surface area contributed by atoms with Crippen molar-refractivity contribution >= 4 is 23.4 Å². The number of carbonyl (C=O) groups is 1. The quantitative estimate of drug-likeness (QED) is 0.655. The van der Waals surface area contributed by atoms with E-state index in [0.29, 0.717) is 11.3 Å². The Balaban J connectivity index is 2.37. The van der Waals surface area contributed by atoms with Crippen LogP contribution in [0.15, 0.2) is 42.5 Å². The molecule has 0 spiro atoms. The minimum Gasteiger partial charge on any atom is -0.398 e. The number of nitrogens with two attached hydrogens (primary N) is 1. The Morgan fingerprint density at radius 1 is 1.22 bits per heavy atom. The Hall–Kier alpha value is -1.74. The van der Waals surface area contributed by atoms with Crippen molar-refractivity contribution in [2.45, 2.75) is 13.3 Å². The van der Waals surface area contributed by atoms with Gasteiger partial charge in [0.05, 0.1) is 0 Å². The Bertz CT molecular complexity index is 555. The average molecular weight is 257 g/mol. The molecule has 0 atom stereocenters. The maximum Gasteiger partial charge on any atom is 0.216 e. The van der Waals surface area contributed by atoms with Gasteiger partial charge >= 0.3 is 0 Å². The Labute approximate surface area is 112 Å². The molecule has 18 heavy (non-hydrogen) atoms. The molecule has 3 heteroatoms. The molecular formula is C15H15NOS. The monoisotopic (exact) mass is 257 g/mol. The maximum atomic E-state index is 11.2. The summed E-state index contributed by atoms with van der Waals surface area (Å²) in [5.41, 5.74) is 10.5. The van der Waals surface area contributed by atoms with E-state index >= 15 is 0 Å². The van der Waals surface area contributed by atoms with E-state index < -0.39 is 0 Å². The van der Waals surface area contributed by atoms with E-state index in [1.807, 2.05) is 31.2 Å². The highest BCUT2D eigenvalue weighted by molar-refractivity contribution is 7.97. The van der Waals surface area contributed by atoms with E-state index in [9.17, 15) is 4.79 Å². The first-order chi connectivity index (χ1) is 8.58. The van der Waals surface area contributed by atoms with Crippen LogP contribution < -0.4 is 5.73 Å². The van der Waals surface area contributed by atoms with Gasteiger partial charge in [0.2, 0.25) is 5.12 Å². The van der Waals surface area contributed by atoms with Crippen molar-refractivity contribution in [2.75, 3.05) is 5.73 Å². The summed E-state index contributed by atoms with van der Waals surface area (Å²) in [5.74, 6) is 0. The van der Waals surface area contributed by atoms with E-state index in [4.69, 9.17) is 5.73 Å². The van der Waals surface area contributed by atoms with Crippen molar-refractivity contribution in [1.82, 2.24) is 0 Å². The van der Waals surface area contributed by atoms with E-state index in [0.717, 1.165) is 17.5 Å². The second-order valence-electron chi connectivity index (χ2n) is 4.33. The molecule has 0 aromatic heterocycles. The van der Waals surface area contributed by atoms with Crippen LogP contribution in [-0.4, -0.2) is 5.12 Å². The first-order valence-corrected chi connectivity index (χ1v) is 6.19. The molecule has 0 aliphatic heterocycles. The molecule has 92 valence electrons. The van der Waals surface area contributed by atoms with E-state index in [2.05, 4.69) is 24.8 Å². The van der Waals surface area contributed by atoms with Crippen LogP contribution in [-0.2, 0) is 6.42 Å². The van der Waals surface area contributed by atoms with Gasteiger partial charge in [-0.1, -0.05) is 30.3 Å². The van der Waals surface area contributed by atoms with Crippen LogP contribution >= 0.6 is 12.6 Å². The zero-order valence-electron chi connectivity index (χ0n) is 10.2. The molecule has 0 saturated heterocycles. The number of nitrogen functional groups attached to an aromatic ring is 1. The molecule has 2 aromatic carbocycles. The highest BCUT2D eigenvalue weighted by atomic mass is 32.1. The third kappa shape index (κ3) is 2.74. The standard InChI is InChI=1S/C15H15NOS/c1-10-7-12(15(17)18)9-14(16)13(10)8-11-5-3-2-4-6-11/h2-7,9H,8,16H2,1H3,(H,17,18). The molecule has 2 N–H and O–H groups in total. The minimum absolute atomic E-state index is 0.254. The summed E-state index contributed by atoms with van der Waals surface area (Å²) in [6, 6.07) is 13.7. The maximum absolute atomic E-state index is 11.2. The molecule has 0 heterocycles.